The maximum Gasteiger partial charge on any atom is 0.264 e. The van der Waals surface area contributed by atoms with Gasteiger partial charge in [-0.3, -0.25) is 9.48 Å². The van der Waals surface area contributed by atoms with Gasteiger partial charge in [0, 0.05) is 7.05 Å². The quantitative estimate of drug-likeness (QED) is 0.661. The van der Waals surface area contributed by atoms with Crippen LogP contribution in [0, 0.1) is 26.7 Å². The third kappa shape index (κ3) is 3.33. The van der Waals surface area contributed by atoms with Crippen molar-refractivity contribution in [3.8, 4) is 0 Å². The van der Waals surface area contributed by atoms with Gasteiger partial charge in [0.05, 0.1) is 33.9 Å². The SMILES string of the molecule is CCC(C(=O)NN=Cc1c(C)nn(C)c1F)n1nc(C)c(Cl)c1C. The average molecular weight is 355 g/mol. The van der Waals surface area contributed by atoms with Gasteiger partial charge in [0.1, 0.15) is 6.04 Å². The van der Waals surface area contributed by atoms with Crippen LogP contribution < -0.4 is 5.43 Å². The number of hydrogen-bond acceptors (Lipinski definition) is 4. The molecule has 2 rings (SSSR count). The van der Waals surface area contributed by atoms with Crippen LogP contribution in [0.25, 0.3) is 0 Å². The molecular weight excluding hydrogens is 335 g/mol. The van der Waals surface area contributed by atoms with E-state index in [1.165, 1.54) is 13.3 Å². The molecule has 0 spiro atoms. The molecule has 0 aliphatic heterocycles. The molecule has 2 aromatic heterocycles. The minimum Gasteiger partial charge on any atom is -0.271 e. The van der Waals surface area contributed by atoms with Crippen molar-refractivity contribution in [3.05, 3.63) is 33.6 Å². The van der Waals surface area contributed by atoms with E-state index >= 15 is 0 Å². The standard InChI is InChI=1S/C15H20ClFN6O/c1-6-12(23-10(4)13(16)9(3)21-23)15(24)19-18-7-11-8(2)20-22(5)14(11)17/h7,12H,6H2,1-5H3,(H,19,24). The lowest BCUT2D eigenvalue weighted by molar-refractivity contribution is -0.124. The van der Waals surface area contributed by atoms with Crippen LogP contribution in [-0.4, -0.2) is 31.7 Å². The van der Waals surface area contributed by atoms with Crippen molar-refractivity contribution in [1.82, 2.24) is 25.0 Å². The Labute approximate surface area is 144 Å². The average Bonchev–Trinajstić information content (AvgIpc) is 2.92. The lowest BCUT2D eigenvalue weighted by Gasteiger charge is -2.15. The fourth-order valence-electron chi connectivity index (χ4n) is 2.44. The zero-order valence-electron chi connectivity index (χ0n) is 14.3. The lowest BCUT2D eigenvalue weighted by Crippen LogP contribution is -2.30. The molecule has 0 aromatic carbocycles. The van der Waals surface area contributed by atoms with E-state index in [0.717, 1.165) is 4.68 Å². The largest absolute Gasteiger partial charge is 0.271 e. The smallest absolute Gasteiger partial charge is 0.264 e. The van der Waals surface area contributed by atoms with Crippen LogP contribution in [0.15, 0.2) is 5.10 Å². The molecule has 2 heterocycles. The van der Waals surface area contributed by atoms with Crippen molar-refractivity contribution in [3.63, 3.8) is 0 Å². The summed E-state index contributed by atoms with van der Waals surface area (Å²) in [6.07, 6.45) is 1.76. The molecule has 0 saturated heterocycles. The first kappa shape index (κ1) is 18.1. The van der Waals surface area contributed by atoms with Crippen molar-refractivity contribution >= 4 is 23.7 Å². The summed E-state index contributed by atoms with van der Waals surface area (Å²) in [5, 5.41) is 12.6. The second-order valence-corrected chi connectivity index (χ2v) is 5.88. The number of aryl methyl sites for hydroxylation is 3. The highest BCUT2D eigenvalue weighted by atomic mass is 35.5. The molecular formula is C15H20ClFN6O. The number of hydrogen-bond donors (Lipinski definition) is 1. The van der Waals surface area contributed by atoms with Gasteiger partial charge in [0.25, 0.3) is 5.91 Å². The molecule has 0 bridgehead atoms. The zero-order valence-corrected chi connectivity index (χ0v) is 15.0. The van der Waals surface area contributed by atoms with Crippen molar-refractivity contribution < 1.29 is 9.18 Å². The maximum atomic E-state index is 13.8. The Hall–Kier alpha value is -2.22. The molecule has 24 heavy (non-hydrogen) atoms. The number of hydrazone groups is 1. The molecule has 1 atom stereocenters. The molecule has 1 N–H and O–H groups in total. The van der Waals surface area contributed by atoms with Crippen LogP contribution in [0.3, 0.4) is 0 Å². The number of nitrogens with one attached hydrogen (secondary N) is 1. The summed E-state index contributed by atoms with van der Waals surface area (Å²) < 4.78 is 16.5. The van der Waals surface area contributed by atoms with Crippen molar-refractivity contribution in [1.29, 1.82) is 0 Å². The number of nitrogens with zero attached hydrogens (tertiary/aromatic N) is 5. The molecule has 0 saturated carbocycles. The highest BCUT2D eigenvalue weighted by Gasteiger charge is 2.23. The van der Waals surface area contributed by atoms with E-state index in [0.29, 0.717) is 28.5 Å². The van der Waals surface area contributed by atoms with Gasteiger partial charge in [-0.05, 0) is 27.2 Å². The van der Waals surface area contributed by atoms with Gasteiger partial charge in [-0.15, -0.1) is 0 Å². The number of carbonyl (C=O) groups excluding carboxylic acids is 1. The Balaban J connectivity index is 2.15. The first-order valence-electron chi connectivity index (χ1n) is 7.51. The summed E-state index contributed by atoms with van der Waals surface area (Å²) in [5.74, 6) is -0.860. The molecule has 0 fully saturated rings. The van der Waals surface area contributed by atoms with Crippen LogP contribution in [0.5, 0.6) is 0 Å². The summed E-state index contributed by atoms with van der Waals surface area (Å²) in [6.45, 7) is 7.11. The van der Waals surface area contributed by atoms with E-state index in [4.69, 9.17) is 11.6 Å². The van der Waals surface area contributed by atoms with E-state index in [9.17, 15) is 9.18 Å². The normalized spacial score (nSPS) is 12.8. The summed E-state index contributed by atoms with van der Waals surface area (Å²) in [5.41, 5.74) is 4.53. The molecule has 0 aliphatic rings. The predicted octanol–water partition coefficient (Wildman–Crippen LogP) is 2.44. The van der Waals surface area contributed by atoms with E-state index < -0.39 is 12.0 Å². The number of amides is 1. The second-order valence-electron chi connectivity index (χ2n) is 5.50. The molecule has 2 aromatic rings. The lowest BCUT2D eigenvalue weighted by atomic mass is 10.2. The van der Waals surface area contributed by atoms with Gasteiger partial charge < -0.3 is 0 Å². The van der Waals surface area contributed by atoms with Gasteiger partial charge in [-0.2, -0.15) is 19.7 Å². The summed E-state index contributed by atoms with van der Waals surface area (Å²) >= 11 is 6.13. The number of aromatic nitrogens is 4. The monoisotopic (exact) mass is 354 g/mol. The van der Waals surface area contributed by atoms with Crippen LogP contribution in [0.1, 0.15) is 42.0 Å². The molecule has 0 aliphatic carbocycles. The van der Waals surface area contributed by atoms with Crippen LogP contribution in [0.4, 0.5) is 4.39 Å². The van der Waals surface area contributed by atoms with Crippen LogP contribution >= 0.6 is 11.6 Å². The Morgan fingerprint density at radius 3 is 2.50 bits per heavy atom. The number of halogens is 2. The first-order chi connectivity index (χ1) is 11.3. The third-order valence-electron chi connectivity index (χ3n) is 3.79. The molecule has 9 heteroatoms. The topological polar surface area (TPSA) is 77.1 Å². The van der Waals surface area contributed by atoms with E-state index in [-0.39, 0.29) is 11.5 Å². The maximum absolute atomic E-state index is 13.8. The van der Waals surface area contributed by atoms with Gasteiger partial charge in [0.2, 0.25) is 5.95 Å². The Morgan fingerprint density at radius 1 is 1.38 bits per heavy atom. The highest BCUT2D eigenvalue weighted by Crippen LogP contribution is 2.23. The predicted molar refractivity (Wildman–Crippen MR) is 89.7 cm³/mol. The van der Waals surface area contributed by atoms with Gasteiger partial charge >= 0.3 is 0 Å². The summed E-state index contributed by atoms with van der Waals surface area (Å²) in [7, 11) is 1.50. The number of rotatable bonds is 5. The van der Waals surface area contributed by atoms with Crippen LogP contribution in [-0.2, 0) is 11.8 Å². The van der Waals surface area contributed by atoms with E-state index in [1.54, 1.807) is 25.5 Å². The van der Waals surface area contributed by atoms with E-state index in [2.05, 4.69) is 20.7 Å². The van der Waals surface area contributed by atoms with Crippen molar-refractivity contribution in [2.75, 3.05) is 0 Å². The minimum absolute atomic E-state index is 0.236. The Bertz CT molecular complexity index is 794. The fraction of sp³-hybridized carbons (Fsp3) is 0.467. The zero-order chi connectivity index (χ0) is 18.0. The summed E-state index contributed by atoms with van der Waals surface area (Å²) in [4.78, 5) is 12.4. The van der Waals surface area contributed by atoms with Gasteiger partial charge in [-0.25, -0.2) is 10.1 Å². The third-order valence-corrected chi connectivity index (χ3v) is 4.33. The summed E-state index contributed by atoms with van der Waals surface area (Å²) in [6, 6.07) is -0.548. The second kappa shape index (κ2) is 7.12. The van der Waals surface area contributed by atoms with Gasteiger partial charge in [0.15, 0.2) is 0 Å². The number of carbonyl (C=O) groups is 1. The molecule has 1 amide bonds. The first-order valence-corrected chi connectivity index (χ1v) is 7.88. The molecule has 0 radical (unpaired) electrons. The Kier molecular flexibility index (Phi) is 5.38. The Morgan fingerprint density at radius 2 is 2.04 bits per heavy atom. The molecule has 130 valence electrons. The minimum atomic E-state index is -0.548. The molecule has 7 nitrogen and oxygen atoms in total. The van der Waals surface area contributed by atoms with E-state index in [1.807, 2.05) is 6.92 Å². The van der Waals surface area contributed by atoms with Crippen LogP contribution in [0.2, 0.25) is 5.02 Å². The van der Waals surface area contributed by atoms with Gasteiger partial charge in [-0.1, -0.05) is 18.5 Å². The highest BCUT2D eigenvalue weighted by molar-refractivity contribution is 6.31. The van der Waals surface area contributed by atoms with Crippen molar-refractivity contribution in [2.24, 2.45) is 12.1 Å². The van der Waals surface area contributed by atoms with Crippen molar-refractivity contribution in [2.45, 2.75) is 40.2 Å². The molecule has 1 unspecified atom stereocenters. The fourth-order valence-corrected chi connectivity index (χ4v) is 2.57.